The molecule has 0 atom stereocenters. The Morgan fingerprint density at radius 2 is 1.57 bits per heavy atom. The van der Waals surface area contributed by atoms with Crippen molar-refractivity contribution in [3.63, 3.8) is 0 Å². The molecule has 2 aromatic rings. The molecule has 0 aliphatic carbocycles. The van der Waals surface area contributed by atoms with Crippen molar-refractivity contribution in [2.24, 2.45) is 5.41 Å². The van der Waals surface area contributed by atoms with Crippen molar-refractivity contribution < 1.29 is 9.59 Å². The number of nitrogens with one attached hydrogen (secondary N) is 2. The normalized spacial score (nSPS) is 14.7. The quantitative estimate of drug-likeness (QED) is 0.803. The summed E-state index contributed by atoms with van der Waals surface area (Å²) >= 11 is 0. The van der Waals surface area contributed by atoms with Crippen molar-refractivity contribution >= 4 is 23.2 Å². The first-order valence-electron chi connectivity index (χ1n) is 9.85. The maximum absolute atomic E-state index is 12.7. The molecular formula is C23H29N3O2. The summed E-state index contributed by atoms with van der Waals surface area (Å²) in [4.78, 5) is 27.3. The molecule has 148 valence electrons. The molecule has 1 fully saturated rings. The number of carbonyl (C=O) groups excluding carboxylic acids is 2. The lowest BCUT2D eigenvalue weighted by atomic mass is 9.95. The van der Waals surface area contributed by atoms with Crippen molar-refractivity contribution in [2.75, 3.05) is 23.7 Å². The van der Waals surface area contributed by atoms with E-state index in [1.807, 2.05) is 57.2 Å². The molecule has 0 unspecified atom stereocenters. The maximum atomic E-state index is 12.7. The van der Waals surface area contributed by atoms with Crippen LogP contribution in [0.2, 0.25) is 0 Å². The second kappa shape index (κ2) is 8.57. The van der Waals surface area contributed by atoms with Gasteiger partial charge in [0.15, 0.2) is 0 Å². The fourth-order valence-corrected chi connectivity index (χ4v) is 3.21. The zero-order valence-electron chi connectivity index (χ0n) is 16.9. The van der Waals surface area contributed by atoms with Gasteiger partial charge in [0.1, 0.15) is 0 Å². The van der Waals surface area contributed by atoms with Gasteiger partial charge in [-0.15, -0.1) is 0 Å². The van der Waals surface area contributed by atoms with Gasteiger partial charge in [-0.1, -0.05) is 39.0 Å². The van der Waals surface area contributed by atoms with E-state index in [1.165, 1.54) is 12.8 Å². The van der Waals surface area contributed by atoms with Gasteiger partial charge in [0, 0.05) is 28.9 Å². The standard InChI is InChI=1S/C23H29N3O2/c1-23(2,3)22(28)25-20-11-7-10-19(15-20)24-21(27)18-9-6-8-17(14-18)16-26-12-4-5-13-26/h6-11,14-15H,4-5,12-13,16H2,1-3H3,(H,24,27)(H,25,28). The zero-order valence-corrected chi connectivity index (χ0v) is 16.9. The van der Waals surface area contributed by atoms with E-state index < -0.39 is 5.41 Å². The monoisotopic (exact) mass is 379 g/mol. The van der Waals surface area contributed by atoms with Gasteiger partial charge in [-0.05, 0) is 61.8 Å². The summed E-state index contributed by atoms with van der Waals surface area (Å²) < 4.78 is 0. The lowest BCUT2D eigenvalue weighted by Gasteiger charge is -2.18. The number of carbonyl (C=O) groups is 2. The van der Waals surface area contributed by atoms with E-state index in [9.17, 15) is 9.59 Å². The van der Waals surface area contributed by atoms with Crippen molar-refractivity contribution in [3.8, 4) is 0 Å². The van der Waals surface area contributed by atoms with Crippen LogP contribution < -0.4 is 10.6 Å². The highest BCUT2D eigenvalue weighted by molar-refractivity contribution is 6.05. The molecule has 0 spiro atoms. The third kappa shape index (κ3) is 5.42. The molecule has 1 aliphatic heterocycles. The van der Waals surface area contributed by atoms with E-state index in [4.69, 9.17) is 0 Å². The molecule has 28 heavy (non-hydrogen) atoms. The van der Waals surface area contributed by atoms with Crippen LogP contribution in [0.4, 0.5) is 11.4 Å². The molecule has 0 aromatic heterocycles. The van der Waals surface area contributed by atoms with E-state index in [1.54, 1.807) is 6.07 Å². The van der Waals surface area contributed by atoms with Crippen LogP contribution in [0.15, 0.2) is 48.5 Å². The average molecular weight is 380 g/mol. The van der Waals surface area contributed by atoms with Crippen LogP contribution in [0.25, 0.3) is 0 Å². The summed E-state index contributed by atoms with van der Waals surface area (Å²) in [7, 11) is 0. The van der Waals surface area contributed by atoms with Gasteiger partial charge in [0.05, 0.1) is 0 Å². The first kappa shape index (κ1) is 20.1. The lowest BCUT2D eigenvalue weighted by molar-refractivity contribution is -0.123. The second-order valence-electron chi connectivity index (χ2n) is 8.42. The van der Waals surface area contributed by atoms with E-state index in [-0.39, 0.29) is 11.8 Å². The van der Waals surface area contributed by atoms with Gasteiger partial charge >= 0.3 is 0 Å². The number of likely N-dealkylation sites (tertiary alicyclic amines) is 1. The molecule has 1 aliphatic rings. The molecular weight excluding hydrogens is 350 g/mol. The van der Waals surface area contributed by atoms with Crippen LogP contribution >= 0.6 is 0 Å². The van der Waals surface area contributed by atoms with E-state index >= 15 is 0 Å². The SMILES string of the molecule is CC(C)(C)C(=O)Nc1cccc(NC(=O)c2cccc(CN3CCCC3)c2)c1. The molecule has 0 radical (unpaired) electrons. The summed E-state index contributed by atoms with van der Waals surface area (Å²) in [6.45, 7) is 8.73. The Balaban J connectivity index is 1.66. The van der Waals surface area contributed by atoms with Crippen LogP contribution in [0, 0.1) is 5.41 Å². The van der Waals surface area contributed by atoms with Gasteiger partial charge in [0.25, 0.3) is 5.91 Å². The Labute approximate surface area is 167 Å². The Bertz CT molecular complexity index is 849. The topological polar surface area (TPSA) is 61.4 Å². The number of nitrogens with zero attached hydrogens (tertiary/aromatic N) is 1. The van der Waals surface area contributed by atoms with Crippen LogP contribution in [-0.2, 0) is 11.3 Å². The van der Waals surface area contributed by atoms with Gasteiger partial charge in [-0.2, -0.15) is 0 Å². The highest BCUT2D eigenvalue weighted by atomic mass is 16.2. The predicted octanol–water partition coefficient (Wildman–Crippen LogP) is 4.52. The Kier molecular flexibility index (Phi) is 6.15. The summed E-state index contributed by atoms with van der Waals surface area (Å²) in [5.41, 5.74) is 2.64. The van der Waals surface area contributed by atoms with Crippen LogP contribution in [-0.4, -0.2) is 29.8 Å². The fraction of sp³-hybridized carbons (Fsp3) is 0.391. The van der Waals surface area contributed by atoms with E-state index in [0.29, 0.717) is 16.9 Å². The Hall–Kier alpha value is -2.66. The van der Waals surface area contributed by atoms with Gasteiger partial charge in [-0.25, -0.2) is 0 Å². The molecule has 1 heterocycles. The van der Waals surface area contributed by atoms with E-state index in [2.05, 4.69) is 21.6 Å². The minimum absolute atomic E-state index is 0.0643. The number of amides is 2. The third-order valence-electron chi connectivity index (χ3n) is 4.85. The second-order valence-corrected chi connectivity index (χ2v) is 8.42. The van der Waals surface area contributed by atoms with Crippen LogP contribution in [0.5, 0.6) is 0 Å². The maximum Gasteiger partial charge on any atom is 0.255 e. The number of hydrogen-bond donors (Lipinski definition) is 2. The molecule has 0 bridgehead atoms. The Morgan fingerprint density at radius 1 is 0.929 bits per heavy atom. The minimum atomic E-state index is -0.477. The zero-order chi connectivity index (χ0) is 20.1. The van der Waals surface area contributed by atoms with E-state index in [0.717, 1.165) is 25.2 Å². The molecule has 2 N–H and O–H groups in total. The van der Waals surface area contributed by atoms with Crippen molar-refractivity contribution in [2.45, 2.75) is 40.2 Å². The summed E-state index contributed by atoms with van der Waals surface area (Å²) in [6, 6.07) is 15.0. The molecule has 5 heteroatoms. The first-order valence-corrected chi connectivity index (χ1v) is 9.85. The molecule has 2 amide bonds. The van der Waals surface area contributed by atoms with Crippen molar-refractivity contribution in [3.05, 3.63) is 59.7 Å². The molecule has 3 rings (SSSR count). The third-order valence-corrected chi connectivity index (χ3v) is 4.85. The molecule has 0 saturated carbocycles. The molecule has 2 aromatic carbocycles. The fourth-order valence-electron chi connectivity index (χ4n) is 3.21. The summed E-state index contributed by atoms with van der Waals surface area (Å²) in [5.74, 6) is -0.215. The number of anilines is 2. The lowest BCUT2D eigenvalue weighted by Crippen LogP contribution is -2.27. The number of benzene rings is 2. The van der Waals surface area contributed by atoms with Crippen LogP contribution in [0.3, 0.4) is 0 Å². The largest absolute Gasteiger partial charge is 0.326 e. The van der Waals surface area contributed by atoms with Gasteiger partial charge < -0.3 is 10.6 Å². The Morgan fingerprint density at radius 3 is 2.25 bits per heavy atom. The smallest absolute Gasteiger partial charge is 0.255 e. The highest BCUT2D eigenvalue weighted by Crippen LogP contribution is 2.21. The summed E-state index contributed by atoms with van der Waals surface area (Å²) in [5, 5.41) is 5.82. The predicted molar refractivity (Wildman–Crippen MR) is 113 cm³/mol. The van der Waals surface area contributed by atoms with Crippen LogP contribution in [0.1, 0.15) is 49.5 Å². The highest BCUT2D eigenvalue weighted by Gasteiger charge is 2.21. The molecule has 1 saturated heterocycles. The molecule has 5 nitrogen and oxygen atoms in total. The first-order chi connectivity index (χ1) is 13.3. The van der Waals surface area contributed by atoms with Gasteiger partial charge in [-0.3, -0.25) is 14.5 Å². The average Bonchev–Trinajstić information content (AvgIpc) is 3.14. The van der Waals surface area contributed by atoms with Crippen molar-refractivity contribution in [1.82, 2.24) is 4.90 Å². The minimum Gasteiger partial charge on any atom is -0.326 e. The number of hydrogen-bond acceptors (Lipinski definition) is 3. The summed E-state index contributed by atoms with van der Waals surface area (Å²) in [6.07, 6.45) is 2.50. The van der Waals surface area contributed by atoms with Crippen molar-refractivity contribution in [1.29, 1.82) is 0 Å². The number of rotatable bonds is 5. The van der Waals surface area contributed by atoms with Gasteiger partial charge in [0.2, 0.25) is 5.91 Å².